The number of rotatable bonds is 4. The molecule has 1 saturated heterocycles. The van der Waals surface area contributed by atoms with Gasteiger partial charge in [0.15, 0.2) is 0 Å². The van der Waals surface area contributed by atoms with Crippen molar-refractivity contribution in [3.63, 3.8) is 0 Å². The molecule has 148 valence electrons. The number of aromatic nitrogens is 3. The molecule has 8 nitrogen and oxygen atoms in total. The number of nitrogens with one attached hydrogen (secondary N) is 1. The molecule has 0 radical (unpaired) electrons. The maximum Gasteiger partial charge on any atom is 0.414 e. The Morgan fingerprint density at radius 1 is 1.32 bits per heavy atom. The molecule has 9 heteroatoms. The van der Waals surface area contributed by atoms with Crippen LogP contribution in [-0.2, 0) is 21.0 Å². The molecule has 2 aliphatic rings. The number of carbonyl (C=O) groups excluding carboxylic acids is 1. The normalized spacial score (nSPS) is 24.9. The second-order valence-electron chi connectivity index (χ2n) is 7.36. The Hall–Kier alpha value is -2.68. The molecule has 1 aromatic carbocycles. The van der Waals surface area contributed by atoms with Gasteiger partial charge in [-0.15, -0.1) is 5.10 Å². The molecule has 1 aromatic heterocycles. The van der Waals surface area contributed by atoms with Gasteiger partial charge in [-0.25, -0.2) is 13.7 Å². The van der Waals surface area contributed by atoms with E-state index in [1.54, 1.807) is 22.0 Å². The number of anilines is 1. The van der Waals surface area contributed by atoms with Crippen molar-refractivity contribution in [3.05, 3.63) is 47.3 Å². The summed E-state index contributed by atoms with van der Waals surface area (Å²) in [6, 6.07) is 3.99. The fourth-order valence-corrected chi connectivity index (χ4v) is 5.08. The molecular formula is C19H23N5O3S. The van der Waals surface area contributed by atoms with E-state index in [0.29, 0.717) is 31.0 Å². The number of ether oxygens (including phenoxy) is 1. The van der Waals surface area contributed by atoms with Crippen molar-refractivity contribution in [2.24, 2.45) is 0 Å². The highest BCUT2D eigenvalue weighted by atomic mass is 32.2. The van der Waals surface area contributed by atoms with Crippen LogP contribution in [0.2, 0.25) is 0 Å². The summed E-state index contributed by atoms with van der Waals surface area (Å²) in [5.74, 6) is 0.716. The van der Waals surface area contributed by atoms with E-state index in [1.807, 2.05) is 32.1 Å². The van der Waals surface area contributed by atoms with Gasteiger partial charge in [0.25, 0.3) is 0 Å². The third kappa shape index (κ3) is 3.66. The van der Waals surface area contributed by atoms with Gasteiger partial charge in [-0.2, -0.15) is 0 Å². The van der Waals surface area contributed by atoms with Crippen LogP contribution in [0.15, 0.2) is 30.6 Å². The molecule has 2 unspecified atom stereocenters. The maximum atomic E-state index is 12.4. The number of amides is 1. The van der Waals surface area contributed by atoms with E-state index in [-0.39, 0.29) is 12.2 Å². The molecule has 1 fully saturated rings. The summed E-state index contributed by atoms with van der Waals surface area (Å²) < 4.78 is 26.8. The Balaban J connectivity index is 1.56. The van der Waals surface area contributed by atoms with Crippen molar-refractivity contribution in [3.8, 4) is 0 Å². The lowest BCUT2D eigenvalue weighted by Gasteiger charge is -2.22. The summed E-state index contributed by atoms with van der Waals surface area (Å²) in [7, 11) is -2.46. The molecule has 0 spiro atoms. The van der Waals surface area contributed by atoms with Crippen LogP contribution in [0.1, 0.15) is 23.1 Å². The molecule has 3 heterocycles. The Bertz CT molecular complexity index is 1020. The third-order valence-corrected chi connectivity index (χ3v) is 6.76. The van der Waals surface area contributed by atoms with E-state index in [0.717, 1.165) is 28.0 Å². The van der Waals surface area contributed by atoms with Crippen molar-refractivity contribution in [2.45, 2.75) is 32.9 Å². The van der Waals surface area contributed by atoms with Gasteiger partial charge in [0.1, 0.15) is 6.10 Å². The molecule has 0 saturated carbocycles. The summed E-state index contributed by atoms with van der Waals surface area (Å²) in [6.45, 7) is 4.97. The quantitative estimate of drug-likeness (QED) is 0.849. The van der Waals surface area contributed by atoms with Crippen LogP contribution in [0.3, 0.4) is 0 Å². The van der Waals surface area contributed by atoms with E-state index >= 15 is 0 Å². The molecular weight excluding hydrogens is 378 g/mol. The number of allylic oxidation sites excluding steroid dienone is 1. The highest BCUT2D eigenvalue weighted by Gasteiger charge is 2.33. The third-order valence-electron chi connectivity index (χ3n) is 5.19. The van der Waals surface area contributed by atoms with Gasteiger partial charge >= 0.3 is 6.09 Å². The zero-order valence-corrected chi connectivity index (χ0v) is 16.7. The number of aryl methyl sites for hydroxylation is 2. The average Bonchev–Trinajstić information content (AvgIpc) is 3.25. The zero-order valence-electron chi connectivity index (χ0n) is 15.9. The molecule has 1 amide bonds. The van der Waals surface area contributed by atoms with Gasteiger partial charge in [0.05, 0.1) is 25.0 Å². The van der Waals surface area contributed by atoms with Crippen LogP contribution < -0.4 is 4.90 Å². The molecule has 2 aromatic rings. The second-order valence-corrected chi connectivity index (χ2v) is 9.72. The Kier molecular flexibility index (Phi) is 4.70. The van der Waals surface area contributed by atoms with E-state index < -0.39 is 9.73 Å². The zero-order chi connectivity index (χ0) is 19.9. The Morgan fingerprint density at radius 3 is 2.68 bits per heavy atom. The molecule has 2 aliphatic heterocycles. The first kappa shape index (κ1) is 18.7. The molecule has 1 N–H and O–H groups in total. The van der Waals surface area contributed by atoms with Crippen molar-refractivity contribution >= 4 is 27.1 Å². The van der Waals surface area contributed by atoms with Crippen molar-refractivity contribution in [1.29, 1.82) is 4.78 Å². The lowest BCUT2D eigenvalue weighted by Crippen LogP contribution is -2.26. The molecule has 0 bridgehead atoms. The fraction of sp³-hybridized carbons (Fsp3) is 0.421. The SMILES string of the molecule is Cc1cc(N2CC(Cn3ccnn3)OC2=O)cc(C)c1C1=CCS(=N)(=O)CC1. The number of carbonyl (C=O) groups is 1. The molecule has 0 aliphatic carbocycles. The van der Waals surface area contributed by atoms with E-state index in [2.05, 4.69) is 10.3 Å². The Labute approximate surface area is 164 Å². The van der Waals surface area contributed by atoms with E-state index in [4.69, 9.17) is 9.52 Å². The predicted molar refractivity (Wildman–Crippen MR) is 107 cm³/mol. The standard InChI is InChI=1S/C19H23N5O3S/c1-13-9-16(10-14(2)18(13)15-3-7-28(20,26)8-4-15)24-12-17(27-19(24)25)11-23-6-5-21-22-23/h3,5-6,9-10,17,20H,4,7-8,11-12H2,1-2H3. The monoisotopic (exact) mass is 401 g/mol. The first-order valence-electron chi connectivity index (χ1n) is 9.19. The Morgan fingerprint density at radius 2 is 2.07 bits per heavy atom. The largest absolute Gasteiger partial charge is 0.442 e. The number of nitrogens with zero attached hydrogens (tertiary/aromatic N) is 4. The van der Waals surface area contributed by atoms with E-state index in [9.17, 15) is 9.00 Å². The summed E-state index contributed by atoms with van der Waals surface area (Å²) in [5.41, 5.74) is 5.20. The summed E-state index contributed by atoms with van der Waals surface area (Å²) in [5, 5.41) is 7.69. The highest BCUT2D eigenvalue weighted by molar-refractivity contribution is 7.92. The van der Waals surface area contributed by atoms with Crippen LogP contribution in [0.4, 0.5) is 10.5 Å². The van der Waals surface area contributed by atoms with Crippen LogP contribution in [0.5, 0.6) is 0 Å². The van der Waals surface area contributed by atoms with Gasteiger partial charge in [-0.05, 0) is 54.7 Å². The number of hydrogen-bond donors (Lipinski definition) is 1. The minimum atomic E-state index is -2.46. The number of hydrogen-bond acceptors (Lipinski definition) is 6. The van der Waals surface area contributed by atoms with Crippen LogP contribution >= 0.6 is 0 Å². The van der Waals surface area contributed by atoms with Gasteiger partial charge in [0, 0.05) is 27.4 Å². The lowest BCUT2D eigenvalue weighted by molar-refractivity contribution is 0.129. The summed E-state index contributed by atoms with van der Waals surface area (Å²) in [4.78, 5) is 14.0. The highest BCUT2D eigenvalue weighted by Crippen LogP contribution is 2.33. The number of benzene rings is 1. The van der Waals surface area contributed by atoms with Gasteiger partial charge < -0.3 is 4.74 Å². The first-order chi connectivity index (χ1) is 13.3. The minimum absolute atomic E-state index is 0.277. The topological polar surface area (TPSA) is 101 Å². The van der Waals surface area contributed by atoms with Crippen LogP contribution in [-0.4, -0.2) is 49.5 Å². The van der Waals surface area contributed by atoms with Gasteiger partial charge in [-0.3, -0.25) is 9.68 Å². The summed E-state index contributed by atoms with van der Waals surface area (Å²) >= 11 is 0. The van der Waals surface area contributed by atoms with Crippen molar-refractivity contribution in [2.75, 3.05) is 23.0 Å². The van der Waals surface area contributed by atoms with E-state index in [1.165, 1.54) is 0 Å². The maximum absolute atomic E-state index is 12.4. The van der Waals surface area contributed by atoms with Crippen molar-refractivity contribution < 1.29 is 13.7 Å². The smallest absolute Gasteiger partial charge is 0.414 e. The molecule has 2 atom stereocenters. The second kappa shape index (κ2) is 7.05. The predicted octanol–water partition coefficient (Wildman–Crippen LogP) is 2.75. The van der Waals surface area contributed by atoms with Crippen LogP contribution in [0.25, 0.3) is 5.57 Å². The first-order valence-corrected chi connectivity index (χ1v) is 11.1. The lowest BCUT2D eigenvalue weighted by atomic mass is 9.93. The minimum Gasteiger partial charge on any atom is -0.442 e. The summed E-state index contributed by atoms with van der Waals surface area (Å²) in [6.07, 6.45) is 5.29. The number of cyclic esters (lactones) is 1. The van der Waals surface area contributed by atoms with Gasteiger partial charge in [-0.1, -0.05) is 11.3 Å². The van der Waals surface area contributed by atoms with Crippen LogP contribution in [0, 0.1) is 18.6 Å². The molecule has 28 heavy (non-hydrogen) atoms. The average molecular weight is 401 g/mol. The fourth-order valence-electron chi connectivity index (χ4n) is 3.89. The van der Waals surface area contributed by atoms with Gasteiger partial charge in [0.2, 0.25) is 0 Å². The van der Waals surface area contributed by atoms with Crippen molar-refractivity contribution in [1.82, 2.24) is 15.0 Å². The molecule has 4 rings (SSSR count).